The summed E-state index contributed by atoms with van der Waals surface area (Å²) in [5.74, 6) is 0.682. The molecule has 0 bridgehead atoms. The maximum atomic E-state index is 5.82. The van der Waals surface area contributed by atoms with E-state index < -0.39 is 0 Å². The molecule has 1 aliphatic rings. The Labute approximate surface area is 102 Å². The molecule has 1 saturated heterocycles. The normalized spacial score (nSPS) is 20.9. The molecule has 1 fully saturated rings. The zero-order valence-electron chi connectivity index (χ0n) is 9.42. The highest BCUT2D eigenvalue weighted by Gasteiger charge is 2.12. The smallest absolute Gasteiger partial charge is 0.0717 e. The van der Waals surface area contributed by atoms with E-state index in [-0.39, 0.29) is 0 Å². The molecule has 0 spiro atoms. The predicted molar refractivity (Wildman–Crippen MR) is 66.7 cm³/mol. The summed E-state index contributed by atoms with van der Waals surface area (Å²) >= 11 is 5.82. The lowest BCUT2D eigenvalue weighted by molar-refractivity contribution is 0.0783. The number of benzene rings is 1. The Morgan fingerprint density at radius 2 is 2.12 bits per heavy atom. The van der Waals surface area contributed by atoms with Crippen LogP contribution in [-0.4, -0.2) is 19.7 Å². The number of piperidine rings is 1. The number of nitrogens with one attached hydrogen (secondary N) is 1. The fourth-order valence-electron chi connectivity index (χ4n) is 1.99. The van der Waals surface area contributed by atoms with Crippen molar-refractivity contribution in [1.82, 2.24) is 5.32 Å². The second-order valence-electron chi connectivity index (χ2n) is 4.35. The quantitative estimate of drug-likeness (QED) is 0.873. The Hall–Kier alpha value is -0.570. The van der Waals surface area contributed by atoms with E-state index in [1.165, 1.54) is 18.4 Å². The second-order valence-corrected chi connectivity index (χ2v) is 4.79. The Morgan fingerprint density at radius 1 is 1.31 bits per heavy atom. The zero-order valence-corrected chi connectivity index (χ0v) is 10.2. The largest absolute Gasteiger partial charge is 0.376 e. The van der Waals surface area contributed by atoms with Gasteiger partial charge in [-0.05, 0) is 43.0 Å². The van der Waals surface area contributed by atoms with E-state index in [4.69, 9.17) is 16.3 Å². The van der Waals surface area contributed by atoms with E-state index in [0.717, 1.165) is 24.7 Å². The highest BCUT2D eigenvalue weighted by atomic mass is 35.5. The van der Waals surface area contributed by atoms with Gasteiger partial charge in [0.1, 0.15) is 0 Å². The van der Waals surface area contributed by atoms with Gasteiger partial charge in [-0.1, -0.05) is 23.7 Å². The van der Waals surface area contributed by atoms with Crippen molar-refractivity contribution in [3.63, 3.8) is 0 Å². The summed E-state index contributed by atoms with van der Waals surface area (Å²) < 4.78 is 5.72. The van der Waals surface area contributed by atoms with Gasteiger partial charge in [-0.3, -0.25) is 0 Å². The summed E-state index contributed by atoms with van der Waals surface area (Å²) in [6, 6.07) is 7.84. The highest BCUT2D eigenvalue weighted by molar-refractivity contribution is 6.30. The van der Waals surface area contributed by atoms with E-state index in [1.54, 1.807) is 0 Å². The lowest BCUT2D eigenvalue weighted by atomic mass is 10.0. The van der Waals surface area contributed by atoms with Crippen molar-refractivity contribution in [3.05, 3.63) is 34.9 Å². The van der Waals surface area contributed by atoms with Crippen LogP contribution in [0.25, 0.3) is 0 Å². The summed E-state index contributed by atoms with van der Waals surface area (Å²) in [5.41, 5.74) is 1.19. The van der Waals surface area contributed by atoms with Crippen LogP contribution in [0, 0.1) is 5.92 Å². The third-order valence-corrected chi connectivity index (χ3v) is 3.19. The van der Waals surface area contributed by atoms with Gasteiger partial charge < -0.3 is 10.1 Å². The average molecular weight is 240 g/mol. The van der Waals surface area contributed by atoms with E-state index in [1.807, 2.05) is 24.3 Å². The summed E-state index contributed by atoms with van der Waals surface area (Å²) in [6.07, 6.45) is 2.56. The monoisotopic (exact) mass is 239 g/mol. The van der Waals surface area contributed by atoms with Crippen LogP contribution in [0.2, 0.25) is 5.02 Å². The van der Waals surface area contributed by atoms with E-state index in [2.05, 4.69) is 5.32 Å². The van der Waals surface area contributed by atoms with Crippen LogP contribution in [-0.2, 0) is 11.3 Å². The fourth-order valence-corrected chi connectivity index (χ4v) is 2.12. The predicted octanol–water partition coefficient (Wildman–Crippen LogP) is 2.86. The van der Waals surface area contributed by atoms with Crippen molar-refractivity contribution in [2.45, 2.75) is 19.4 Å². The number of rotatable bonds is 4. The van der Waals surface area contributed by atoms with Gasteiger partial charge in [-0.25, -0.2) is 0 Å². The first-order valence-electron chi connectivity index (χ1n) is 5.87. The minimum Gasteiger partial charge on any atom is -0.376 e. The molecule has 2 nitrogen and oxygen atoms in total. The number of halogens is 1. The summed E-state index contributed by atoms with van der Waals surface area (Å²) in [4.78, 5) is 0. The van der Waals surface area contributed by atoms with E-state index in [0.29, 0.717) is 12.5 Å². The molecule has 0 amide bonds. The molecule has 88 valence electrons. The molecule has 0 radical (unpaired) electrons. The lowest BCUT2D eigenvalue weighted by Crippen LogP contribution is -2.32. The molecule has 16 heavy (non-hydrogen) atoms. The van der Waals surface area contributed by atoms with Crippen molar-refractivity contribution in [3.8, 4) is 0 Å². The number of hydrogen-bond acceptors (Lipinski definition) is 2. The van der Waals surface area contributed by atoms with Gasteiger partial charge in [0.15, 0.2) is 0 Å². The fraction of sp³-hybridized carbons (Fsp3) is 0.538. The first kappa shape index (κ1) is 11.9. The second kappa shape index (κ2) is 6.24. The van der Waals surface area contributed by atoms with Crippen molar-refractivity contribution in [2.24, 2.45) is 5.92 Å². The Kier molecular flexibility index (Phi) is 4.64. The minimum atomic E-state index is 0.682. The highest BCUT2D eigenvalue weighted by Crippen LogP contribution is 2.13. The molecule has 0 aliphatic carbocycles. The van der Waals surface area contributed by atoms with Crippen LogP contribution in [0.3, 0.4) is 0 Å². The number of ether oxygens (including phenoxy) is 1. The van der Waals surface area contributed by atoms with Gasteiger partial charge in [0.2, 0.25) is 0 Å². The Balaban J connectivity index is 1.69. The molecule has 1 aromatic rings. The molecule has 2 rings (SSSR count). The Bertz CT molecular complexity index is 306. The van der Waals surface area contributed by atoms with Gasteiger partial charge in [-0.2, -0.15) is 0 Å². The molecule has 1 aromatic carbocycles. The molecular formula is C13H18ClNO. The molecular weight excluding hydrogens is 222 g/mol. The Morgan fingerprint density at radius 3 is 2.81 bits per heavy atom. The lowest BCUT2D eigenvalue weighted by Gasteiger charge is -2.22. The summed E-state index contributed by atoms with van der Waals surface area (Å²) in [5, 5.41) is 4.17. The van der Waals surface area contributed by atoms with Crippen LogP contribution in [0.5, 0.6) is 0 Å². The third kappa shape index (κ3) is 3.78. The molecule has 1 heterocycles. The molecule has 0 saturated carbocycles. The molecule has 1 atom stereocenters. The minimum absolute atomic E-state index is 0.682. The topological polar surface area (TPSA) is 21.3 Å². The summed E-state index contributed by atoms with van der Waals surface area (Å²) in [6.45, 7) is 3.80. The first-order valence-corrected chi connectivity index (χ1v) is 6.25. The SMILES string of the molecule is Clc1ccc(COCC2CCCNC2)cc1. The van der Waals surface area contributed by atoms with Crippen LogP contribution >= 0.6 is 11.6 Å². The molecule has 0 aromatic heterocycles. The summed E-state index contributed by atoms with van der Waals surface area (Å²) in [7, 11) is 0. The molecule has 1 unspecified atom stereocenters. The molecule has 3 heteroatoms. The van der Waals surface area contributed by atoms with Gasteiger partial charge in [-0.15, -0.1) is 0 Å². The van der Waals surface area contributed by atoms with Crippen LogP contribution < -0.4 is 5.32 Å². The van der Waals surface area contributed by atoms with Crippen molar-refractivity contribution in [2.75, 3.05) is 19.7 Å². The van der Waals surface area contributed by atoms with Gasteiger partial charge in [0.25, 0.3) is 0 Å². The van der Waals surface area contributed by atoms with Gasteiger partial charge >= 0.3 is 0 Å². The third-order valence-electron chi connectivity index (χ3n) is 2.93. The van der Waals surface area contributed by atoms with E-state index in [9.17, 15) is 0 Å². The van der Waals surface area contributed by atoms with Crippen molar-refractivity contribution >= 4 is 11.6 Å². The standard InChI is InChI=1S/C13H18ClNO/c14-13-5-3-11(4-6-13)9-16-10-12-2-1-7-15-8-12/h3-6,12,15H,1-2,7-10H2. The average Bonchev–Trinajstić information content (AvgIpc) is 2.33. The van der Waals surface area contributed by atoms with Gasteiger partial charge in [0, 0.05) is 11.6 Å². The maximum absolute atomic E-state index is 5.82. The number of hydrogen-bond donors (Lipinski definition) is 1. The van der Waals surface area contributed by atoms with E-state index >= 15 is 0 Å². The molecule has 1 aliphatic heterocycles. The van der Waals surface area contributed by atoms with Crippen LogP contribution in [0.15, 0.2) is 24.3 Å². The van der Waals surface area contributed by atoms with Crippen molar-refractivity contribution < 1.29 is 4.74 Å². The molecule has 1 N–H and O–H groups in total. The van der Waals surface area contributed by atoms with Crippen LogP contribution in [0.4, 0.5) is 0 Å². The van der Waals surface area contributed by atoms with Crippen molar-refractivity contribution in [1.29, 1.82) is 0 Å². The van der Waals surface area contributed by atoms with Crippen LogP contribution in [0.1, 0.15) is 18.4 Å². The zero-order chi connectivity index (χ0) is 11.2. The van der Waals surface area contributed by atoms with Gasteiger partial charge in [0.05, 0.1) is 13.2 Å². The maximum Gasteiger partial charge on any atom is 0.0717 e. The first-order chi connectivity index (χ1) is 7.84.